The maximum Gasteiger partial charge on any atom is 0.260 e. The summed E-state index contributed by atoms with van der Waals surface area (Å²) in [6, 6.07) is 14.7. The van der Waals surface area contributed by atoms with Crippen LogP contribution in [0.1, 0.15) is 37.2 Å². The molecule has 0 aliphatic carbocycles. The molecule has 27 heavy (non-hydrogen) atoms. The highest BCUT2D eigenvalue weighted by atomic mass is 32.1. The topological polar surface area (TPSA) is 62.4 Å². The quantitative estimate of drug-likeness (QED) is 0.514. The van der Waals surface area contributed by atoms with Gasteiger partial charge in [0.15, 0.2) is 5.82 Å². The molecular weight excluding hydrogens is 374 g/mol. The number of fused-ring (bicyclic) bond motifs is 1. The minimum Gasteiger partial charge on any atom is -0.337 e. The van der Waals surface area contributed by atoms with E-state index in [1.165, 1.54) is 5.56 Å². The Bertz CT molecular complexity index is 1080. The summed E-state index contributed by atoms with van der Waals surface area (Å²) in [4.78, 5) is 22.4. The minimum absolute atomic E-state index is 0.0454. The van der Waals surface area contributed by atoms with Gasteiger partial charge in [-0.2, -0.15) is 0 Å². The number of hydrogen-bond acceptors (Lipinski definition) is 4. The fourth-order valence-corrected chi connectivity index (χ4v) is 5.00. The monoisotopic (exact) mass is 396 g/mol. The van der Waals surface area contributed by atoms with E-state index in [-0.39, 0.29) is 11.6 Å². The Morgan fingerprint density at radius 2 is 1.93 bits per heavy atom. The fourth-order valence-electron chi connectivity index (χ4n) is 3.23. The fraction of sp³-hybridized carbons (Fsp3) is 0.238. The van der Waals surface area contributed by atoms with Crippen molar-refractivity contribution < 1.29 is 5.32 Å². The van der Waals surface area contributed by atoms with Gasteiger partial charge in [-0.25, -0.2) is 4.98 Å². The van der Waals surface area contributed by atoms with Crippen LogP contribution in [0, 0.1) is 0 Å². The maximum atomic E-state index is 12.7. The van der Waals surface area contributed by atoms with E-state index >= 15 is 0 Å². The molecule has 4 aromatic rings. The highest BCUT2D eigenvalue weighted by molar-refractivity contribution is 7.18. The molecule has 3 heterocycles. The minimum atomic E-state index is -0.0454. The Kier molecular flexibility index (Phi) is 5.20. The van der Waals surface area contributed by atoms with E-state index in [1.807, 2.05) is 29.0 Å². The lowest BCUT2D eigenvalue weighted by atomic mass is 10.0. The Morgan fingerprint density at radius 3 is 2.67 bits per heavy atom. The molecule has 0 saturated heterocycles. The number of H-pyrrole nitrogens is 1. The van der Waals surface area contributed by atoms with Crippen molar-refractivity contribution in [1.82, 2.24) is 9.97 Å². The van der Waals surface area contributed by atoms with Gasteiger partial charge < -0.3 is 10.3 Å². The van der Waals surface area contributed by atoms with Crippen LogP contribution < -0.4 is 10.9 Å². The SMILES string of the molecule is C[C@@H](C[NH2+][C@H](C)c1nc2scc(-c3cccs3)c2c(=O)[nH]1)c1ccccc1. The van der Waals surface area contributed by atoms with Crippen LogP contribution in [0.15, 0.2) is 58.0 Å². The molecule has 0 spiro atoms. The number of nitrogens with zero attached hydrogens (tertiary/aromatic N) is 1. The smallest absolute Gasteiger partial charge is 0.260 e. The molecule has 0 aliphatic heterocycles. The van der Waals surface area contributed by atoms with Gasteiger partial charge in [0.05, 0.1) is 11.9 Å². The van der Waals surface area contributed by atoms with Crippen LogP contribution in [-0.4, -0.2) is 16.5 Å². The molecule has 0 amide bonds. The molecule has 0 radical (unpaired) electrons. The van der Waals surface area contributed by atoms with Crippen LogP contribution in [0.2, 0.25) is 0 Å². The highest BCUT2D eigenvalue weighted by Gasteiger charge is 2.18. The predicted molar refractivity (Wildman–Crippen MR) is 114 cm³/mol. The van der Waals surface area contributed by atoms with E-state index in [0.717, 1.165) is 27.6 Å². The normalized spacial score (nSPS) is 13.7. The summed E-state index contributed by atoms with van der Waals surface area (Å²) in [5.41, 5.74) is 2.27. The number of aromatic nitrogens is 2. The Labute approximate surface area is 165 Å². The number of nitrogens with two attached hydrogens (primary N) is 1. The predicted octanol–water partition coefficient (Wildman–Crippen LogP) is 4.14. The van der Waals surface area contributed by atoms with Crippen molar-refractivity contribution >= 4 is 32.9 Å². The summed E-state index contributed by atoms with van der Waals surface area (Å²) in [5.74, 6) is 1.18. The number of hydrogen-bond donors (Lipinski definition) is 2. The molecular formula is C21H22N3OS2+. The molecule has 138 valence electrons. The van der Waals surface area contributed by atoms with Crippen LogP contribution in [0.5, 0.6) is 0 Å². The van der Waals surface area contributed by atoms with Crippen molar-refractivity contribution in [3.63, 3.8) is 0 Å². The summed E-state index contributed by atoms with van der Waals surface area (Å²) in [7, 11) is 0. The van der Waals surface area contributed by atoms with Gasteiger partial charge in [0, 0.05) is 21.7 Å². The first kappa shape index (κ1) is 18.1. The molecule has 4 rings (SSSR count). The zero-order valence-electron chi connectivity index (χ0n) is 15.3. The van der Waals surface area contributed by atoms with Gasteiger partial charge in [0.25, 0.3) is 5.56 Å². The summed E-state index contributed by atoms with van der Waals surface area (Å²) in [6.45, 7) is 5.26. The zero-order valence-corrected chi connectivity index (χ0v) is 16.9. The van der Waals surface area contributed by atoms with Crippen molar-refractivity contribution in [3.05, 3.63) is 75.0 Å². The van der Waals surface area contributed by atoms with Gasteiger partial charge in [0.1, 0.15) is 10.9 Å². The van der Waals surface area contributed by atoms with Crippen molar-refractivity contribution in [2.75, 3.05) is 6.54 Å². The van der Waals surface area contributed by atoms with E-state index in [1.54, 1.807) is 22.7 Å². The molecule has 6 heteroatoms. The average Bonchev–Trinajstić information content (AvgIpc) is 3.36. The van der Waals surface area contributed by atoms with Crippen LogP contribution in [0.3, 0.4) is 0 Å². The van der Waals surface area contributed by atoms with E-state index in [9.17, 15) is 4.79 Å². The molecule has 4 nitrogen and oxygen atoms in total. The third-order valence-corrected chi connectivity index (χ3v) is 6.67. The van der Waals surface area contributed by atoms with Crippen LogP contribution in [0.25, 0.3) is 20.7 Å². The molecule has 0 fully saturated rings. The number of thiophene rings is 2. The lowest BCUT2D eigenvalue weighted by molar-refractivity contribution is -0.695. The lowest BCUT2D eigenvalue weighted by Gasteiger charge is -2.14. The zero-order chi connectivity index (χ0) is 18.8. The first-order chi connectivity index (χ1) is 13.1. The van der Waals surface area contributed by atoms with Crippen molar-refractivity contribution in [2.24, 2.45) is 0 Å². The molecule has 3 N–H and O–H groups in total. The number of benzene rings is 1. The van der Waals surface area contributed by atoms with Gasteiger partial charge in [-0.15, -0.1) is 22.7 Å². The largest absolute Gasteiger partial charge is 0.337 e. The van der Waals surface area contributed by atoms with Gasteiger partial charge >= 0.3 is 0 Å². The van der Waals surface area contributed by atoms with Gasteiger partial charge in [-0.05, 0) is 23.9 Å². The Hall–Kier alpha value is -2.28. The van der Waals surface area contributed by atoms with Gasteiger partial charge in [-0.3, -0.25) is 4.79 Å². The second kappa shape index (κ2) is 7.76. The van der Waals surface area contributed by atoms with Gasteiger partial charge in [-0.1, -0.05) is 43.3 Å². The Balaban J connectivity index is 1.54. The van der Waals surface area contributed by atoms with Crippen LogP contribution in [-0.2, 0) is 0 Å². The van der Waals surface area contributed by atoms with Crippen molar-refractivity contribution in [2.45, 2.75) is 25.8 Å². The van der Waals surface area contributed by atoms with E-state index in [0.29, 0.717) is 11.3 Å². The summed E-state index contributed by atoms with van der Waals surface area (Å²) >= 11 is 3.18. The average molecular weight is 397 g/mol. The first-order valence-corrected chi connectivity index (χ1v) is 10.8. The van der Waals surface area contributed by atoms with Crippen molar-refractivity contribution in [1.29, 1.82) is 0 Å². The second-order valence-electron chi connectivity index (χ2n) is 6.83. The molecule has 0 unspecified atom stereocenters. The molecule has 1 aromatic carbocycles. The van der Waals surface area contributed by atoms with E-state index in [4.69, 9.17) is 4.98 Å². The third kappa shape index (κ3) is 3.74. The molecule has 0 saturated carbocycles. The summed E-state index contributed by atoms with van der Waals surface area (Å²) in [5, 5.41) is 7.01. The summed E-state index contributed by atoms with van der Waals surface area (Å²) < 4.78 is 0. The third-order valence-electron chi connectivity index (χ3n) is 4.89. The number of aromatic amines is 1. The first-order valence-electron chi connectivity index (χ1n) is 9.07. The number of rotatable bonds is 6. The van der Waals surface area contributed by atoms with Crippen LogP contribution in [0.4, 0.5) is 0 Å². The standard InChI is InChI=1S/C21H21N3OS2/c1-13(15-7-4-3-5-8-15)11-22-14(2)19-23-20(25)18-16(12-27-21(18)24-19)17-9-6-10-26-17/h3-10,12-14,22H,11H2,1-2H3,(H,23,24,25)/p+1/t13-,14+/m0/s1. The highest BCUT2D eigenvalue weighted by Crippen LogP contribution is 2.33. The van der Waals surface area contributed by atoms with Crippen molar-refractivity contribution in [3.8, 4) is 10.4 Å². The lowest BCUT2D eigenvalue weighted by Crippen LogP contribution is -2.85. The van der Waals surface area contributed by atoms with Gasteiger partial charge in [0.2, 0.25) is 0 Å². The summed E-state index contributed by atoms with van der Waals surface area (Å²) in [6.07, 6.45) is 0. The second-order valence-corrected chi connectivity index (χ2v) is 8.64. The van der Waals surface area contributed by atoms with E-state index in [2.05, 4.69) is 48.4 Å². The Morgan fingerprint density at radius 1 is 1.11 bits per heavy atom. The number of nitrogens with one attached hydrogen (secondary N) is 1. The maximum absolute atomic E-state index is 12.7. The van der Waals surface area contributed by atoms with Crippen LogP contribution >= 0.6 is 22.7 Å². The molecule has 0 aliphatic rings. The molecule has 2 atom stereocenters. The van der Waals surface area contributed by atoms with E-state index < -0.39 is 0 Å². The number of quaternary nitrogens is 1. The molecule has 0 bridgehead atoms. The molecule has 3 aromatic heterocycles.